The minimum absolute atomic E-state index is 0.0517. The van der Waals surface area contributed by atoms with Crippen molar-refractivity contribution in [3.05, 3.63) is 35.5 Å². The fourth-order valence-electron chi connectivity index (χ4n) is 4.55. The van der Waals surface area contributed by atoms with E-state index in [1.807, 2.05) is 39.8 Å². The van der Waals surface area contributed by atoms with E-state index in [-0.39, 0.29) is 29.9 Å². The average Bonchev–Trinajstić information content (AvgIpc) is 3.32. The summed E-state index contributed by atoms with van der Waals surface area (Å²) < 4.78 is 30.2. The first-order chi connectivity index (χ1) is 14.5. The molecule has 1 aliphatic heterocycles. The number of aromatic nitrogens is 2. The molecule has 1 fully saturated rings. The van der Waals surface area contributed by atoms with E-state index in [9.17, 15) is 13.2 Å². The van der Waals surface area contributed by atoms with Crippen LogP contribution in [0.4, 0.5) is 16.3 Å². The quantitative estimate of drug-likeness (QED) is 0.640. The van der Waals surface area contributed by atoms with Gasteiger partial charge in [-0.2, -0.15) is 5.10 Å². The predicted molar refractivity (Wildman–Crippen MR) is 119 cm³/mol. The van der Waals surface area contributed by atoms with Crippen LogP contribution in [0.2, 0.25) is 0 Å². The molecule has 8 nitrogen and oxygen atoms in total. The van der Waals surface area contributed by atoms with Crippen molar-refractivity contribution in [2.24, 2.45) is 0 Å². The highest BCUT2D eigenvalue weighted by Gasteiger charge is 2.40. The summed E-state index contributed by atoms with van der Waals surface area (Å²) in [6.07, 6.45) is 2.05. The Morgan fingerprint density at radius 2 is 2.03 bits per heavy atom. The molecule has 0 spiro atoms. The zero-order valence-corrected chi connectivity index (χ0v) is 19.2. The molecule has 1 amide bonds. The van der Waals surface area contributed by atoms with Crippen molar-refractivity contribution in [1.82, 2.24) is 15.5 Å². The van der Waals surface area contributed by atoms with E-state index in [1.54, 1.807) is 12.1 Å². The molecule has 2 aliphatic rings. The van der Waals surface area contributed by atoms with E-state index in [0.29, 0.717) is 10.7 Å². The minimum Gasteiger partial charge on any atom is -0.446 e. The van der Waals surface area contributed by atoms with Gasteiger partial charge in [0.15, 0.2) is 15.7 Å². The van der Waals surface area contributed by atoms with Crippen molar-refractivity contribution < 1.29 is 17.9 Å². The lowest BCUT2D eigenvalue weighted by Gasteiger charge is -2.17. The predicted octanol–water partition coefficient (Wildman–Crippen LogP) is 3.99. The fraction of sp³-hybridized carbons (Fsp3) is 0.545. The third kappa shape index (κ3) is 4.56. The zero-order valence-electron chi connectivity index (χ0n) is 18.4. The fourth-order valence-corrected chi connectivity index (χ4v) is 6.75. The Balaban J connectivity index is 1.41. The van der Waals surface area contributed by atoms with Crippen molar-refractivity contribution in [2.75, 3.05) is 11.1 Å². The van der Waals surface area contributed by atoms with Gasteiger partial charge in [0.2, 0.25) is 0 Å². The van der Waals surface area contributed by atoms with Crippen LogP contribution in [0.25, 0.3) is 0 Å². The Morgan fingerprint density at radius 3 is 2.77 bits per heavy atom. The number of carbonyl (C=O) groups is 1. The number of carbonyl (C=O) groups excluding carboxylic acids is 1. The first-order valence-electron chi connectivity index (χ1n) is 10.7. The first kappa shape index (κ1) is 21.7. The maximum Gasteiger partial charge on any atom is 0.407 e. The van der Waals surface area contributed by atoms with Gasteiger partial charge >= 0.3 is 6.09 Å². The number of alkyl carbamates (subject to hydrolysis) is 1. The number of aromatic amines is 1. The summed E-state index contributed by atoms with van der Waals surface area (Å²) in [4.78, 5) is 12.2. The topological polar surface area (TPSA) is 113 Å². The zero-order chi connectivity index (χ0) is 22.4. The van der Waals surface area contributed by atoms with E-state index >= 15 is 0 Å². The number of hydrogen-bond donors (Lipinski definition) is 3. The van der Waals surface area contributed by atoms with Gasteiger partial charge in [-0.3, -0.25) is 5.10 Å². The standard InChI is InChI=1S/C22H30N4O4S/c1-13(2)23-21(27)30-16-7-5-14(9-16)18-11-20(26-25-18)24-15-6-8-19-17(10-15)22(3,4)12-31(19,28)29/h6,8,10-11,13-14,16H,5,7,9,12H2,1-4H3,(H,23,27)(H2,24,25,26)/t14-,16+/m0/s1. The number of fused-ring (bicyclic) bond motifs is 1. The molecule has 1 aromatic carbocycles. The van der Waals surface area contributed by atoms with E-state index < -0.39 is 15.3 Å². The van der Waals surface area contributed by atoms with Crippen LogP contribution in [-0.2, 0) is 20.0 Å². The molecule has 2 atom stereocenters. The molecule has 0 radical (unpaired) electrons. The molecular formula is C22H30N4O4S. The number of nitrogens with zero attached hydrogens (tertiary/aromatic N) is 1. The second kappa shape index (κ2) is 7.85. The molecule has 1 aromatic heterocycles. The van der Waals surface area contributed by atoms with E-state index in [2.05, 4.69) is 20.8 Å². The normalized spacial score (nSPS) is 23.5. The number of anilines is 2. The molecule has 0 saturated heterocycles. The van der Waals surface area contributed by atoms with Gasteiger partial charge in [0.05, 0.1) is 10.6 Å². The molecule has 0 bridgehead atoms. The van der Waals surface area contributed by atoms with Crippen LogP contribution >= 0.6 is 0 Å². The molecule has 9 heteroatoms. The monoisotopic (exact) mass is 446 g/mol. The number of H-pyrrole nitrogens is 1. The number of nitrogens with one attached hydrogen (secondary N) is 3. The Hall–Kier alpha value is -2.55. The van der Waals surface area contributed by atoms with Crippen molar-refractivity contribution in [1.29, 1.82) is 0 Å². The number of ether oxygens (including phenoxy) is 1. The first-order valence-corrected chi connectivity index (χ1v) is 12.4. The highest BCUT2D eigenvalue weighted by atomic mass is 32.2. The smallest absolute Gasteiger partial charge is 0.407 e. The summed E-state index contributed by atoms with van der Waals surface area (Å²) >= 11 is 0. The highest BCUT2D eigenvalue weighted by molar-refractivity contribution is 7.91. The molecule has 3 N–H and O–H groups in total. The minimum atomic E-state index is -3.22. The lowest BCUT2D eigenvalue weighted by atomic mass is 9.87. The summed E-state index contributed by atoms with van der Waals surface area (Å²) in [5.74, 6) is 1.06. The Bertz CT molecular complexity index is 1090. The molecule has 0 unspecified atom stereocenters. The molecule has 168 valence electrons. The van der Waals surface area contributed by atoms with Crippen molar-refractivity contribution in [3.63, 3.8) is 0 Å². The van der Waals surface area contributed by atoms with E-state index in [0.717, 1.165) is 36.2 Å². The molecular weight excluding hydrogens is 416 g/mol. The van der Waals surface area contributed by atoms with Gasteiger partial charge < -0.3 is 15.4 Å². The van der Waals surface area contributed by atoms with Crippen LogP contribution in [0, 0.1) is 0 Å². The second-order valence-corrected chi connectivity index (χ2v) is 11.5. The molecule has 4 rings (SSSR count). The highest BCUT2D eigenvalue weighted by Crippen LogP contribution is 2.41. The van der Waals surface area contributed by atoms with Crippen LogP contribution in [-0.4, -0.2) is 42.6 Å². The van der Waals surface area contributed by atoms with Crippen LogP contribution in [0.1, 0.15) is 64.1 Å². The molecule has 1 saturated carbocycles. The summed E-state index contributed by atoms with van der Waals surface area (Å²) in [7, 11) is -3.22. The number of benzene rings is 1. The number of hydrogen-bond acceptors (Lipinski definition) is 6. The van der Waals surface area contributed by atoms with Crippen LogP contribution in [0.3, 0.4) is 0 Å². The number of rotatable bonds is 5. The van der Waals surface area contributed by atoms with Crippen LogP contribution in [0.15, 0.2) is 29.2 Å². The Morgan fingerprint density at radius 1 is 1.26 bits per heavy atom. The van der Waals surface area contributed by atoms with Crippen molar-refractivity contribution in [3.8, 4) is 0 Å². The third-order valence-electron chi connectivity index (χ3n) is 5.97. The molecule has 31 heavy (non-hydrogen) atoms. The number of sulfone groups is 1. The van der Waals surface area contributed by atoms with Crippen molar-refractivity contribution in [2.45, 2.75) is 75.3 Å². The molecule has 2 aromatic rings. The van der Waals surface area contributed by atoms with Crippen molar-refractivity contribution >= 4 is 27.4 Å². The van der Waals surface area contributed by atoms with Crippen LogP contribution in [0.5, 0.6) is 0 Å². The van der Waals surface area contributed by atoms with Gasteiger partial charge in [-0.1, -0.05) is 13.8 Å². The van der Waals surface area contributed by atoms with E-state index in [4.69, 9.17) is 4.74 Å². The maximum absolute atomic E-state index is 12.4. The summed E-state index contributed by atoms with van der Waals surface area (Å²) in [5, 5.41) is 13.5. The lowest BCUT2D eigenvalue weighted by molar-refractivity contribution is 0.0981. The maximum atomic E-state index is 12.4. The summed E-state index contributed by atoms with van der Waals surface area (Å²) in [5.41, 5.74) is 2.23. The van der Waals surface area contributed by atoms with Gasteiger partial charge in [-0.15, -0.1) is 0 Å². The lowest BCUT2D eigenvalue weighted by Crippen LogP contribution is -2.33. The second-order valence-electron chi connectivity index (χ2n) is 9.52. The average molecular weight is 447 g/mol. The summed E-state index contributed by atoms with van der Waals surface area (Å²) in [6, 6.07) is 7.38. The Kier molecular flexibility index (Phi) is 5.49. The van der Waals surface area contributed by atoms with Gasteiger partial charge in [-0.25, -0.2) is 13.2 Å². The molecule has 2 heterocycles. The van der Waals surface area contributed by atoms with Gasteiger partial charge in [-0.05, 0) is 56.9 Å². The van der Waals surface area contributed by atoms with Gasteiger partial charge in [0, 0.05) is 34.8 Å². The van der Waals surface area contributed by atoms with Gasteiger partial charge in [0.1, 0.15) is 6.10 Å². The van der Waals surface area contributed by atoms with E-state index in [1.165, 1.54) is 0 Å². The molecule has 1 aliphatic carbocycles. The number of amides is 1. The Labute approximate surface area is 183 Å². The largest absolute Gasteiger partial charge is 0.446 e. The SMILES string of the molecule is CC(C)NC(=O)O[C@@H]1CC[C@H](c2cc(Nc3ccc4c(c3)C(C)(C)CS4(=O)=O)n[nH]2)C1. The summed E-state index contributed by atoms with van der Waals surface area (Å²) in [6.45, 7) is 7.71. The third-order valence-corrected chi connectivity index (χ3v) is 8.10. The van der Waals surface area contributed by atoms with Crippen LogP contribution < -0.4 is 10.6 Å². The van der Waals surface area contributed by atoms with Gasteiger partial charge in [0.25, 0.3) is 0 Å².